The Bertz CT molecular complexity index is 1230. The van der Waals surface area contributed by atoms with Crippen LogP contribution in [0.3, 0.4) is 0 Å². The van der Waals surface area contributed by atoms with Crippen molar-refractivity contribution < 1.29 is 4.79 Å². The number of hydrogen-bond donors (Lipinski definition) is 1. The van der Waals surface area contributed by atoms with Crippen molar-refractivity contribution in [3.05, 3.63) is 90.0 Å². The van der Waals surface area contributed by atoms with E-state index in [1.54, 1.807) is 6.21 Å². The third-order valence-electron chi connectivity index (χ3n) is 5.10. The summed E-state index contributed by atoms with van der Waals surface area (Å²) in [6.07, 6.45) is 1.64. The average Bonchev–Trinajstić information content (AvgIpc) is 3.27. The highest BCUT2D eigenvalue weighted by Gasteiger charge is 2.14. The topological polar surface area (TPSA) is 72.2 Å². The second-order valence-electron chi connectivity index (χ2n) is 7.49. The maximum Gasteiger partial charge on any atom is 0.250 e. The molecule has 0 bridgehead atoms. The number of thioether (sulfide) groups is 1. The molecule has 4 aromatic rings. The van der Waals surface area contributed by atoms with E-state index in [0.717, 1.165) is 34.6 Å². The van der Waals surface area contributed by atoms with E-state index in [2.05, 4.69) is 51.9 Å². The molecule has 166 valence electrons. The van der Waals surface area contributed by atoms with Gasteiger partial charge in [-0.3, -0.25) is 4.79 Å². The van der Waals surface area contributed by atoms with Crippen molar-refractivity contribution >= 4 is 23.9 Å². The van der Waals surface area contributed by atoms with Gasteiger partial charge in [0.2, 0.25) is 0 Å². The number of carbonyl (C=O) groups excluding carboxylic acids is 1. The fraction of sp³-hybridized carbons (Fsp3) is 0.154. The van der Waals surface area contributed by atoms with Gasteiger partial charge in [-0.1, -0.05) is 96.2 Å². The van der Waals surface area contributed by atoms with Gasteiger partial charge in [0.1, 0.15) is 0 Å². The van der Waals surface area contributed by atoms with Crippen molar-refractivity contribution in [2.24, 2.45) is 5.10 Å². The SMILES string of the molecule is CCn1c(SCC(=O)N/N=C\c2ccc(-c3ccccc3)cc2)nnc1-c1ccc(C)cc1. The van der Waals surface area contributed by atoms with Gasteiger partial charge in [-0.05, 0) is 30.5 Å². The molecule has 1 N–H and O–H groups in total. The molecule has 1 amide bonds. The Hall–Kier alpha value is -3.71. The summed E-state index contributed by atoms with van der Waals surface area (Å²) in [6.45, 7) is 4.81. The van der Waals surface area contributed by atoms with Gasteiger partial charge in [0.15, 0.2) is 11.0 Å². The number of carbonyl (C=O) groups is 1. The summed E-state index contributed by atoms with van der Waals surface area (Å²) in [5.41, 5.74) is 8.00. The lowest BCUT2D eigenvalue weighted by Gasteiger charge is -2.07. The van der Waals surface area contributed by atoms with Gasteiger partial charge in [0, 0.05) is 12.1 Å². The molecule has 0 aliphatic rings. The van der Waals surface area contributed by atoms with Crippen molar-refractivity contribution in [2.75, 3.05) is 5.75 Å². The number of hydrazone groups is 1. The molecule has 7 heteroatoms. The molecule has 0 saturated heterocycles. The molecule has 33 heavy (non-hydrogen) atoms. The number of nitrogens with one attached hydrogen (secondary N) is 1. The second-order valence-corrected chi connectivity index (χ2v) is 8.43. The normalized spacial score (nSPS) is 11.1. The summed E-state index contributed by atoms with van der Waals surface area (Å²) in [5.74, 6) is 0.813. The van der Waals surface area contributed by atoms with Gasteiger partial charge in [0.25, 0.3) is 5.91 Å². The zero-order chi connectivity index (χ0) is 23.0. The van der Waals surface area contributed by atoms with Crippen LogP contribution in [0.15, 0.2) is 89.1 Å². The molecule has 0 aliphatic carbocycles. The van der Waals surface area contributed by atoms with E-state index in [1.807, 2.05) is 66.1 Å². The zero-order valence-corrected chi connectivity index (χ0v) is 19.4. The lowest BCUT2D eigenvalue weighted by atomic mass is 10.0. The number of aryl methyl sites for hydroxylation is 1. The van der Waals surface area contributed by atoms with Gasteiger partial charge in [-0.25, -0.2) is 5.43 Å². The van der Waals surface area contributed by atoms with E-state index in [4.69, 9.17) is 0 Å². The van der Waals surface area contributed by atoms with E-state index in [9.17, 15) is 4.79 Å². The molecule has 0 aliphatic heterocycles. The fourth-order valence-corrected chi connectivity index (χ4v) is 4.12. The smallest absolute Gasteiger partial charge is 0.250 e. The van der Waals surface area contributed by atoms with Crippen molar-refractivity contribution in [3.8, 4) is 22.5 Å². The third kappa shape index (κ3) is 5.75. The molecule has 0 unspecified atom stereocenters. The molecular weight excluding hydrogens is 430 g/mol. The van der Waals surface area contributed by atoms with Crippen LogP contribution in [-0.2, 0) is 11.3 Å². The molecule has 3 aromatic carbocycles. The Morgan fingerprint density at radius 1 is 0.939 bits per heavy atom. The molecule has 0 spiro atoms. The van der Waals surface area contributed by atoms with Crippen molar-refractivity contribution in [2.45, 2.75) is 25.5 Å². The molecule has 1 aromatic heterocycles. The average molecular weight is 456 g/mol. The van der Waals surface area contributed by atoms with E-state index in [-0.39, 0.29) is 11.7 Å². The van der Waals surface area contributed by atoms with Gasteiger partial charge < -0.3 is 4.57 Å². The summed E-state index contributed by atoms with van der Waals surface area (Å²) in [7, 11) is 0. The fourth-order valence-electron chi connectivity index (χ4n) is 3.33. The van der Waals surface area contributed by atoms with Crippen LogP contribution in [0.5, 0.6) is 0 Å². The first kappa shape index (κ1) is 22.5. The quantitative estimate of drug-likeness (QED) is 0.226. The van der Waals surface area contributed by atoms with Crippen LogP contribution in [0.2, 0.25) is 0 Å². The zero-order valence-electron chi connectivity index (χ0n) is 18.6. The van der Waals surface area contributed by atoms with E-state index >= 15 is 0 Å². The number of nitrogens with zero attached hydrogens (tertiary/aromatic N) is 4. The van der Waals surface area contributed by atoms with Crippen molar-refractivity contribution in [1.82, 2.24) is 20.2 Å². The molecule has 0 fully saturated rings. The van der Waals surface area contributed by atoms with Gasteiger partial charge >= 0.3 is 0 Å². The first-order valence-corrected chi connectivity index (χ1v) is 11.7. The van der Waals surface area contributed by atoms with E-state index in [0.29, 0.717) is 5.16 Å². The number of rotatable bonds is 8. The van der Waals surface area contributed by atoms with E-state index in [1.165, 1.54) is 17.3 Å². The minimum Gasteiger partial charge on any atom is -0.302 e. The molecule has 4 rings (SSSR count). The van der Waals surface area contributed by atoms with Crippen LogP contribution < -0.4 is 5.43 Å². The lowest BCUT2D eigenvalue weighted by Crippen LogP contribution is -2.20. The first-order chi connectivity index (χ1) is 16.1. The number of amides is 1. The van der Waals surface area contributed by atoms with E-state index < -0.39 is 0 Å². The second kappa shape index (κ2) is 10.7. The molecule has 0 saturated carbocycles. The molecule has 0 radical (unpaired) electrons. The number of aromatic nitrogens is 3. The Balaban J connectivity index is 1.31. The summed E-state index contributed by atoms with van der Waals surface area (Å²) in [6, 6.07) is 26.4. The Kier molecular flexibility index (Phi) is 7.32. The van der Waals surface area contributed by atoms with Crippen LogP contribution in [0, 0.1) is 6.92 Å². The minimum atomic E-state index is -0.195. The largest absolute Gasteiger partial charge is 0.302 e. The van der Waals surface area contributed by atoms with Gasteiger partial charge in [0.05, 0.1) is 12.0 Å². The van der Waals surface area contributed by atoms with Crippen LogP contribution in [0.4, 0.5) is 0 Å². The minimum absolute atomic E-state index is 0.195. The van der Waals surface area contributed by atoms with Crippen molar-refractivity contribution in [3.63, 3.8) is 0 Å². The highest BCUT2D eigenvalue weighted by Crippen LogP contribution is 2.24. The van der Waals surface area contributed by atoms with Crippen LogP contribution in [0.1, 0.15) is 18.1 Å². The third-order valence-corrected chi connectivity index (χ3v) is 6.06. The highest BCUT2D eigenvalue weighted by molar-refractivity contribution is 7.99. The Labute approximate surface area is 197 Å². The monoisotopic (exact) mass is 455 g/mol. The van der Waals surface area contributed by atoms with Crippen LogP contribution in [0.25, 0.3) is 22.5 Å². The molecule has 0 atom stereocenters. The highest BCUT2D eigenvalue weighted by atomic mass is 32.2. The Morgan fingerprint density at radius 2 is 1.61 bits per heavy atom. The van der Waals surface area contributed by atoms with Crippen molar-refractivity contribution in [1.29, 1.82) is 0 Å². The van der Waals surface area contributed by atoms with Gasteiger partial charge in [-0.2, -0.15) is 5.10 Å². The number of benzene rings is 3. The standard InChI is InChI=1S/C26H25N5OS/c1-3-31-25(23-13-9-19(2)10-14-23)29-30-26(31)33-18-24(32)28-27-17-20-11-15-22(16-12-20)21-7-5-4-6-8-21/h4-17H,3,18H2,1-2H3,(H,28,32)/b27-17-. The summed E-state index contributed by atoms with van der Waals surface area (Å²) in [4.78, 5) is 12.3. The first-order valence-electron chi connectivity index (χ1n) is 10.7. The summed E-state index contributed by atoms with van der Waals surface area (Å²) < 4.78 is 2.01. The van der Waals surface area contributed by atoms with Gasteiger partial charge in [-0.15, -0.1) is 10.2 Å². The molecule has 6 nitrogen and oxygen atoms in total. The molecule has 1 heterocycles. The molecular formula is C26H25N5OS. The van der Waals surface area contributed by atoms with Crippen LogP contribution in [-0.4, -0.2) is 32.6 Å². The maximum absolute atomic E-state index is 12.3. The maximum atomic E-state index is 12.3. The van der Waals surface area contributed by atoms with Crippen LogP contribution >= 0.6 is 11.8 Å². The summed E-state index contributed by atoms with van der Waals surface area (Å²) in [5, 5.41) is 13.4. The Morgan fingerprint density at radius 3 is 2.30 bits per heavy atom. The predicted octanol–water partition coefficient (Wildman–Crippen LogP) is 5.18. The predicted molar refractivity (Wildman–Crippen MR) is 134 cm³/mol. The lowest BCUT2D eigenvalue weighted by molar-refractivity contribution is -0.118. The summed E-state index contributed by atoms with van der Waals surface area (Å²) >= 11 is 1.35. The number of hydrogen-bond acceptors (Lipinski definition) is 5.